The number of ether oxygens (including phenoxy) is 1. The van der Waals surface area contributed by atoms with Crippen molar-refractivity contribution >= 4 is 17.7 Å². The van der Waals surface area contributed by atoms with Crippen LogP contribution in [0.3, 0.4) is 0 Å². The van der Waals surface area contributed by atoms with E-state index in [1.54, 1.807) is 11.8 Å². The van der Waals surface area contributed by atoms with Gasteiger partial charge in [0.2, 0.25) is 11.1 Å². The highest BCUT2D eigenvalue weighted by Crippen LogP contribution is 2.27. The Morgan fingerprint density at radius 2 is 1.89 bits per heavy atom. The Bertz CT molecular complexity index is 973. The number of tetrazole rings is 1. The van der Waals surface area contributed by atoms with Gasteiger partial charge in [-0.3, -0.25) is 4.79 Å². The maximum atomic E-state index is 13.0. The average Bonchev–Trinajstić information content (AvgIpc) is 3.21. The summed E-state index contributed by atoms with van der Waals surface area (Å²) in [5.74, 6) is 0.865. The number of benzene rings is 2. The fourth-order valence-electron chi connectivity index (χ4n) is 3.29. The van der Waals surface area contributed by atoms with Gasteiger partial charge < -0.3 is 9.64 Å². The van der Waals surface area contributed by atoms with Crippen LogP contribution in [0.5, 0.6) is 5.75 Å². The number of fused-ring (bicyclic) bond motifs is 1. The lowest BCUT2D eigenvalue weighted by Gasteiger charge is -2.30. The predicted molar refractivity (Wildman–Crippen MR) is 107 cm³/mol. The van der Waals surface area contributed by atoms with E-state index in [-0.39, 0.29) is 11.2 Å². The molecule has 0 N–H and O–H groups in total. The summed E-state index contributed by atoms with van der Waals surface area (Å²) >= 11 is 1.37. The van der Waals surface area contributed by atoms with E-state index < -0.39 is 0 Å². The molecule has 1 aliphatic heterocycles. The molecule has 1 aromatic heterocycles. The molecule has 1 aliphatic rings. The molecule has 4 rings (SSSR count). The van der Waals surface area contributed by atoms with Crippen molar-refractivity contribution in [2.75, 3.05) is 13.7 Å². The van der Waals surface area contributed by atoms with Crippen LogP contribution >= 0.6 is 11.8 Å². The first-order valence-electron chi connectivity index (χ1n) is 9.11. The number of amides is 1. The van der Waals surface area contributed by atoms with Gasteiger partial charge in [0.05, 0.1) is 18.0 Å². The van der Waals surface area contributed by atoms with Crippen LogP contribution in [-0.4, -0.2) is 49.9 Å². The van der Waals surface area contributed by atoms with E-state index in [2.05, 4.69) is 27.7 Å². The lowest BCUT2D eigenvalue weighted by Crippen LogP contribution is -2.40. The van der Waals surface area contributed by atoms with Crippen molar-refractivity contribution in [3.63, 3.8) is 0 Å². The summed E-state index contributed by atoms with van der Waals surface area (Å²) < 4.78 is 6.83. The maximum Gasteiger partial charge on any atom is 0.236 e. The second-order valence-electron chi connectivity index (χ2n) is 6.61. The lowest BCUT2D eigenvalue weighted by molar-refractivity contribution is -0.131. The van der Waals surface area contributed by atoms with Gasteiger partial charge in [-0.2, -0.15) is 4.68 Å². The molecule has 28 heavy (non-hydrogen) atoms. The molecule has 7 nitrogen and oxygen atoms in total. The molecule has 1 atom stereocenters. The van der Waals surface area contributed by atoms with Crippen LogP contribution in [0.2, 0.25) is 0 Å². The van der Waals surface area contributed by atoms with E-state index in [4.69, 9.17) is 4.74 Å². The monoisotopic (exact) mass is 395 g/mol. The minimum absolute atomic E-state index is 0.101. The van der Waals surface area contributed by atoms with E-state index in [1.807, 2.05) is 48.2 Å². The summed E-state index contributed by atoms with van der Waals surface area (Å²) in [5, 5.41) is 12.3. The zero-order valence-corrected chi connectivity index (χ0v) is 16.6. The number of methoxy groups -OCH3 is 1. The second kappa shape index (κ2) is 8.02. The van der Waals surface area contributed by atoms with Gasteiger partial charge in [-0.05, 0) is 59.2 Å². The number of nitrogens with zero attached hydrogens (tertiary/aromatic N) is 5. The van der Waals surface area contributed by atoms with Gasteiger partial charge in [-0.1, -0.05) is 36.0 Å². The van der Waals surface area contributed by atoms with Crippen LogP contribution in [0, 0.1) is 0 Å². The summed E-state index contributed by atoms with van der Waals surface area (Å²) in [6.07, 6.45) is 0.892. The van der Waals surface area contributed by atoms with E-state index in [9.17, 15) is 4.79 Å². The van der Waals surface area contributed by atoms with Gasteiger partial charge in [0, 0.05) is 13.1 Å². The van der Waals surface area contributed by atoms with Crippen molar-refractivity contribution in [3.05, 3.63) is 59.7 Å². The molecule has 0 bridgehead atoms. The first kappa shape index (κ1) is 18.5. The number of rotatable bonds is 5. The van der Waals surface area contributed by atoms with Crippen molar-refractivity contribution in [2.24, 2.45) is 0 Å². The largest absolute Gasteiger partial charge is 0.497 e. The fraction of sp³-hybridized carbons (Fsp3) is 0.300. The smallest absolute Gasteiger partial charge is 0.236 e. The van der Waals surface area contributed by atoms with Crippen molar-refractivity contribution in [2.45, 2.75) is 30.3 Å². The molecule has 8 heteroatoms. The quantitative estimate of drug-likeness (QED) is 0.619. The summed E-state index contributed by atoms with van der Waals surface area (Å²) in [7, 11) is 1.62. The Kier molecular flexibility index (Phi) is 5.29. The van der Waals surface area contributed by atoms with E-state index in [0.29, 0.717) is 11.7 Å². The molecule has 0 saturated heterocycles. The maximum absolute atomic E-state index is 13.0. The molecule has 0 saturated carbocycles. The average molecular weight is 395 g/mol. The van der Waals surface area contributed by atoms with Crippen LogP contribution in [0.1, 0.15) is 18.1 Å². The molecule has 2 heterocycles. The number of carbonyl (C=O) groups excluding carboxylic acids is 1. The van der Waals surface area contributed by atoms with Gasteiger partial charge in [0.1, 0.15) is 5.75 Å². The summed E-state index contributed by atoms with van der Waals surface area (Å²) in [6, 6.07) is 15.8. The number of aromatic nitrogens is 4. The van der Waals surface area contributed by atoms with E-state index in [1.165, 1.54) is 22.9 Å². The molecule has 3 aromatic rings. The van der Waals surface area contributed by atoms with Gasteiger partial charge >= 0.3 is 0 Å². The normalized spacial score (nSPS) is 14.4. The third-order valence-corrected chi connectivity index (χ3v) is 5.85. The number of hydrogen-bond donors (Lipinski definition) is 0. The Hall–Kier alpha value is -2.87. The van der Waals surface area contributed by atoms with Gasteiger partial charge in [-0.25, -0.2) is 0 Å². The molecular weight excluding hydrogens is 374 g/mol. The summed E-state index contributed by atoms with van der Waals surface area (Å²) in [5.41, 5.74) is 3.37. The first-order valence-corrected chi connectivity index (χ1v) is 9.98. The van der Waals surface area contributed by atoms with Crippen molar-refractivity contribution in [1.82, 2.24) is 25.1 Å². The fourth-order valence-corrected chi connectivity index (χ4v) is 4.18. The molecule has 1 unspecified atom stereocenters. The minimum Gasteiger partial charge on any atom is -0.497 e. The lowest BCUT2D eigenvalue weighted by atomic mass is 10.00. The predicted octanol–water partition coefficient (Wildman–Crippen LogP) is 2.74. The molecule has 2 aromatic carbocycles. The topological polar surface area (TPSA) is 73.1 Å². The van der Waals surface area contributed by atoms with Gasteiger partial charge in [-0.15, -0.1) is 5.10 Å². The van der Waals surface area contributed by atoms with Crippen molar-refractivity contribution in [3.8, 4) is 11.4 Å². The zero-order valence-electron chi connectivity index (χ0n) is 15.8. The van der Waals surface area contributed by atoms with Crippen molar-refractivity contribution < 1.29 is 9.53 Å². The number of thioether (sulfide) groups is 1. The molecule has 0 aliphatic carbocycles. The van der Waals surface area contributed by atoms with E-state index in [0.717, 1.165) is 24.4 Å². The van der Waals surface area contributed by atoms with Crippen LogP contribution in [0.15, 0.2) is 53.7 Å². The van der Waals surface area contributed by atoms with Crippen LogP contribution in [0.25, 0.3) is 5.69 Å². The van der Waals surface area contributed by atoms with E-state index >= 15 is 0 Å². The molecule has 0 fully saturated rings. The van der Waals surface area contributed by atoms with Crippen LogP contribution in [-0.2, 0) is 17.8 Å². The van der Waals surface area contributed by atoms with Gasteiger partial charge in [0.15, 0.2) is 0 Å². The number of carbonyl (C=O) groups is 1. The molecule has 1 amide bonds. The Labute approximate surface area is 167 Å². The Morgan fingerprint density at radius 1 is 1.14 bits per heavy atom. The highest BCUT2D eigenvalue weighted by Gasteiger charge is 2.26. The molecular formula is C20H21N5O2S. The Balaban J connectivity index is 1.46. The SMILES string of the molecule is COc1ccc(-n2nnnc2SC(C)C(=O)N2CCc3ccccc3C2)cc1. The van der Waals surface area contributed by atoms with Crippen LogP contribution in [0.4, 0.5) is 0 Å². The summed E-state index contributed by atoms with van der Waals surface area (Å²) in [6.45, 7) is 3.30. The molecule has 0 radical (unpaired) electrons. The van der Waals surface area contributed by atoms with Crippen LogP contribution < -0.4 is 4.74 Å². The number of hydrogen-bond acceptors (Lipinski definition) is 6. The highest BCUT2D eigenvalue weighted by atomic mass is 32.2. The minimum atomic E-state index is -0.284. The Morgan fingerprint density at radius 3 is 2.64 bits per heavy atom. The summed E-state index contributed by atoms with van der Waals surface area (Å²) in [4.78, 5) is 14.9. The second-order valence-corrected chi connectivity index (χ2v) is 7.92. The first-order chi connectivity index (χ1) is 13.7. The molecule has 0 spiro atoms. The molecule has 144 valence electrons. The van der Waals surface area contributed by atoms with Crippen molar-refractivity contribution in [1.29, 1.82) is 0 Å². The third-order valence-electron chi connectivity index (χ3n) is 4.83. The van der Waals surface area contributed by atoms with Gasteiger partial charge in [0.25, 0.3) is 0 Å². The highest BCUT2D eigenvalue weighted by molar-refractivity contribution is 8.00. The zero-order chi connectivity index (χ0) is 19.5. The third kappa shape index (κ3) is 3.73. The standard InChI is InChI=1S/C20H21N5O2S/c1-14(19(26)24-12-11-15-5-3-4-6-16(15)13-24)28-20-21-22-23-25(20)17-7-9-18(27-2)10-8-17/h3-10,14H,11-13H2,1-2H3.